The molecule has 4 nitrogen and oxygen atoms in total. The smallest absolute Gasteiger partial charge is 0.0769 e. The molecule has 2 aliphatic rings. The summed E-state index contributed by atoms with van der Waals surface area (Å²) in [5.41, 5.74) is 1.19. The van der Waals surface area contributed by atoms with Crippen molar-refractivity contribution in [1.82, 2.24) is 0 Å². The van der Waals surface area contributed by atoms with Crippen LogP contribution in [0.1, 0.15) is 12.8 Å². The summed E-state index contributed by atoms with van der Waals surface area (Å²) < 4.78 is 1.50. The van der Waals surface area contributed by atoms with Crippen molar-refractivity contribution in [2.75, 3.05) is 6.67 Å². The Morgan fingerprint density at radius 3 is 2.82 bits per heavy atom. The van der Waals surface area contributed by atoms with Crippen LogP contribution in [0.3, 0.4) is 0 Å². The summed E-state index contributed by atoms with van der Waals surface area (Å²) in [5, 5.41) is 0. The van der Waals surface area contributed by atoms with Crippen molar-refractivity contribution in [3.63, 3.8) is 0 Å². The molecule has 0 N–H and O–H groups in total. The van der Waals surface area contributed by atoms with E-state index in [4.69, 9.17) is 0 Å². The molecule has 1 heterocycles. The molecule has 2 rings (SSSR count). The minimum Gasteiger partial charge on any atom is -0.0769 e. The van der Waals surface area contributed by atoms with Gasteiger partial charge in [0, 0.05) is 22.3 Å². The standard InChI is InChI=1S/C7H8N2O2/c10-8-5-9(11)7-4-2-1-3-6(7)8/h1,3H,2,4-5H2/q+2. The highest BCUT2D eigenvalue weighted by atomic mass is 16.3. The van der Waals surface area contributed by atoms with E-state index in [9.17, 15) is 9.81 Å². The molecule has 0 spiro atoms. The quantitative estimate of drug-likeness (QED) is 0.487. The van der Waals surface area contributed by atoms with E-state index in [1.54, 1.807) is 6.08 Å². The fraction of sp³-hybridized carbons (Fsp3) is 0.429. The van der Waals surface area contributed by atoms with E-state index >= 15 is 0 Å². The van der Waals surface area contributed by atoms with Crippen LogP contribution in [0.4, 0.5) is 0 Å². The largest absolute Gasteiger partial charge is 0.436 e. The maximum Gasteiger partial charge on any atom is 0.436 e. The highest BCUT2D eigenvalue weighted by Crippen LogP contribution is 2.24. The van der Waals surface area contributed by atoms with Gasteiger partial charge in [0.2, 0.25) is 0 Å². The average molecular weight is 152 g/mol. The highest BCUT2D eigenvalue weighted by Gasteiger charge is 2.45. The summed E-state index contributed by atoms with van der Waals surface area (Å²) in [4.78, 5) is 22.0. The Bertz CT molecular complexity index is 302. The monoisotopic (exact) mass is 152 g/mol. The van der Waals surface area contributed by atoms with Gasteiger partial charge in [-0.3, -0.25) is 0 Å². The number of rotatable bonds is 0. The van der Waals surface area contributed by atoms with Gasteiger partial charge in [-0.15, -0.1) is 0 Å². The van der Waals surface area contributed by atoms with E-state index in [0.29, 0.717) is 17.8 Å². The third-order valence-electron chi connectivity index (χ3n) is 1.95. The summed E-state index contributed by atoms with van der Waals surface area (Å²) in [6.07, 6.45) is 5.21. The van der Waals surface area contributed by atoms with E-state index in [1.165, 1.54) is 0 Å². The van der Waals surface area contributed by atoms with Crippen molar-refractivity contribution in [2.45, 2.75) is 12.8 Å². The summed E-state index contributed by atoms with van der Waals surface area (Å²) in [6, 6.07) is 0. The van der Waals surface area contributed by atoms with Crippen LogP contribution >= 0.6 is 0 Å². The molecular formula is C7H8N2O2+2. The Hall–Kier alpha value is -1.32. The lowest BCUT2D eigenvalue weighted by atomic mass is 10.1. The maximum atomic E-state index is 11.0. The normalized spacial score (nSPS) is 22.9. The molecule has 0 saturated heterocycles. The SMILES string of the molecule is O=[N+]1C[N+](=O)C2=C1C=CCC2. The van der Waals surface area contributed by atoms with Gasteiger partial charge in [0.25, 0.3) is 0 Å². The Kier molecular flexibility index (Phi) is 1.21. The van der Waals surface area contributed by atoms with Gasteiger partial charge < -0.3 is 0 Å². The van der Waals surface area contributed by atoms with Gasteiger partial charge >= 0.3 is 18.1 Å². The molecule has 0 saturated carbocycles. The first-order chi connectivity index (χ1) is 5.29. The molecule has 1 aliphatic carbocycles. The molecule has 0 aromatic carbocycles. The second-order valence-corrected chi connectivity index (χ2v) is 2.67. The number of allylic oxidation sites excluding steroid dienone is 3. The second-order valence-electron chi connectivity index (χ2n) is 2.67. The molecule has 0 radical (unpaired) electrons. The van der Waals surface area contributed by atoms with Crippen molar-refractivity contribution in [3.05, 3.63) is 33.4 Å². The molecule has 56 valence electrons. The molecule has 0 amide bonds. The zero-order valence-electron chi connectivity index (χ0n) is 5.99. The Labute approximate surface area is 63.3 Å². The van der Waals surface area contributed by atoms with Gasteiger partial charge in [-0.25, -0.2) is 0 Å². The van der Waals surface area contributed by atoms with Crippen LogP contribution < -0.4 is 0 Å². The molecule has 1 aliphatic heterocycles. The number of hydrogen-bond donors (Lipinski definition) is 0. The van der Waals surface area contributed by atoms with Gasteiger partial charge in [-0.1, -0.05) is 6.08 Å². The van der Waals surface area contributed by atoms with Crippen molar-refractivity contribution in [2.24, 2.45) is 0 Å². The Balaban J connectivity index is 2.49. The number of nitroso groups, excluding NO2 is 2. The van der Waals surface area contributed by atoms with Crippen molar-refractivity contribution in [3.8, 4) is 0 Å². The van der Waals surface area contributed by atoms with E-state index in [-0.39, 0.29) is 6.67 Å². The van der Waals surface area contributed by atoms with Crippen LogP contribution in [0.25, 0.3) is 0 Å². The number of nitrogens with zero attached hydrogens (tertiary/aromatic N) is 2. The molecule has 0 atom stereocenters. The molecule has 0 fully saturated rings. The van der Waals surface area contributed by atoms with Crippen LogP contribution in [-0.2, 0) is 0 Å². The fourth-order valence-electron chi connectivity index (χ4n) is 1.40. The van der Waals surface area contributed by atoms with Crippen molar-refractivity contribution in [1.29, 1.82) is 0 Å². The van der Waals surface area contributed by atoms with Gasteiger partial charge in [-0.05, 0) is 6.42 Å². The predicted molar refractivity (Wildman–Crippen MR) is 37.5 cm³/mol. The first-order valence-corrected chi connectivity index (χ1v) is 3.58. The topological polar surface area (TPSA) is 40.2 Å². The molecule has 0 unspecified atom stereocenters. The molecule has 11 heavy (non-hydrogen) atoms. The lowest BCUT2D eigenvalue weighted by Gasteiger charge is -1.90. The molecule has 0 aromatic rings. The summed E-state index contributed by atoms with van der Waals surface area (Å²) >= 11 is 0. The lowest BCUT2D eigenvalue weighted by Crippen LogP contribution is -2.07. The van der Waals surface area contributed by atoms with Crippen molar-refractivity contribution < 1.29 is 9.52 Å². The summed E-state index contributed by atoms with van der Waals surface area (Å²) in [6.45, 7) is -0.0605. The third kappa shape index (κ3) is 0.824. The first kappa shape index (κ1) is 6.39. The van der Waals surface area contributed by atoms with E-state index in [1.807, 2.05) is 6.08 Å². The predicted octanol–water partition coefficient (Wildman–Crippen LogP) is 1.08. The summed E-state index contributed by atoms with van der Waals surface area (Å²) in [5.74, 6) is 0. The number of hydrogen-bond acceptors (Lipinski definition) is 2. The van der Waals surface area contributed by atoms with E-state index in [0.717, 1.165) is 15.9 Å². The summed E-state index contributed by atoms with van der Waals surface area (Å²) in [7, 11) is 0. The van der Waals surface area contributed by atoms with Gasteiger partial charge in [0.15, 0.2) is 0 Å². The molecular weight excluding hydrogens is 144 g/mol. The van der Waals surface area contributed by atoms with Crippen molar-refractivity contribution >= 4 is 0 Å². The van der Waals surface area contributed by atoms with Crippen LogP contribution in [0, 0.1) is 9.81 Å². The zero-order valence-corrected chi connectivity index (χ0v) is 5.99. The Morgan fingerprint density at radius 2 is 2.09 bits per heavy atom. The average Bonchev–Trinajstić information content (AvgIpc) is 2.30. The fourth-order valence-corrected chi connectivity index (χ4v) is 1.40. The van der Waals surface area contributed by atoms with E-state index < -0.39 is 0 Å². The minimum absolute atomic E-state index is 0.0605. The van der Waals surface area contributed by atoms with Crippen LogP contribution in [0.5, 0.6) is 0 Å². The zero-order chi connectivity index (χ0) is 7.84. The molecule has 0 bridgehead atoms. The lowest BCUT2D eigenvalue weighted by molar-refractivity contribution is -0.666. The second kappa shape index (κ2) is 2.08. The van der Waals surface area contributed by atoms with Crippen LogP contribution in [-0.4, -0.2) is 16.2 Å². The highest BCUT2D eigenvalue weighted by molar-refractivity contribution is 5.19. The van der Waals surface area contributed by atoms with E-state index in [2.05, 4.69) is 0 Å². The third-order valence-corrected chi connectivity index (χ3v) is 1.95. The minimum atomic E-state index is -0.0605. The van der Waals surface area contributed by atoms with Gasteiger partial charge in [0.1, 0.15) is 9.52 Å². The Morgan fingerprint density at radius 1 is 1.27 bits per heavy atom. The van der Waals surface area contributed by atoms with Crippen LogP contribution in [0.15, 0.2) is 23.5 Å². The molecule has 4 heteroatoms. The van der Waals surface area contributed by atoms with Crippen LogP contribution in [0.2, 0.25) is 0 Å². The first-order valence-electron chi connectivity index (χ1n) is 3.58. The van der Waals surface area contributed by atoms with Gasteiger partial charge in [0.05, 0.1) is 0 Å². The van der Waals surface area contributed by atoms with Gasteiger partial charge in [-0.2, -0.15) is 0 Å². The molecule has 0 aromatic heterocycles. The maximum absolute atomic E-state index is 11.0.